The number of carbonyl (C=O) groups excluding carboxylic acids is 1. The van der Waals surface area contributed by atoms with E-state index in [9.17, 15) is 4.79 Å². The van der Waals surface area contributed by atoms with Gasteiger partial charge in [0.25, 0.3) is 0 Å². The van der Waals surface area contributed by atoms with E-state index in [1.54, 1.807) is 0 Å². The first-order valence-corrected chi connectivity index (χ1v) is 8.42. The van der Waals surface area contributed by atoms with Crippen molar-refractivity contribution >= 4 is 11.6 Å². The average Bonchev–Trinajstić information content (AvgIpc) is 2.91. The molecule has 1 saturated carbocycles. The van der Waals surface area contributed by atoms with Crippen molar-refractivity contribution in [3.8, 4) is 0 Å². The van der Waals surface area contributed by atoms with Crippen LogP contribution in [0.3, 0.4) is 0 Å². The summed E-state index contributed by atoms with van der Waals surface area (Å²) in [6, 6.07) is 8.68. The molecule has 0 bridgehead atoms. The monoisotopic (exact) mass is 301 g/mol. The van der Waals surface area contributed by atoms with Crippen LogP contribution < -0.4 is 10.6 Å². The Morgan fingerprint density at radius 1 is 1.32 bits per heavy atom. The summed E-state index contributed by atoms with van der Waals surface area (Å²) >= 11 is 0. The molecule has 0 aromatic heterocycles. The summed E-state index contributed by atoms with van der Waals surface area (Å²) in [4.78, 5) is 14.6. The molecule has 1 aromatic rings. The first-order chi connectivity index (χ1) is 10.6. The zero-order chi connectivity index (χ0) is 15.5. The van der Waals surface area contributed by atoms with Gasteiger partial charge >= 0.3 is 0 Å². The Bertz CT molecular complexity index is 515. The van der Waals surface area contributed by atoms with Gasteiger partial charge in [-0.25, -0.2) is 0 Å². The minimum atomic E-state index is -0.0226. The Morgan fingerprint density at radius 3 is 2.91 bits per heavy atom. The van der Waals surface area contributed by atoms with Gasteiger partial charge in [-0.05, 0) is 57.0 Å². The largest absolute Gasteiger partial charge is 0.325 e. The maximum atomic E-state index is 12.5. The second kappa shape index (κ2) is 6.80. The zero-order valence-corrected chi connectivity index (χ0v) is 13.6. The number of carbonyl (C=O) groups is 1. The molecule has 3 rings (SSSR count). The van der Waals surface area contributed by atoms with Crippen LogP contribution in [0.15, 0.2) is 24.3 Å². The van der Waals surface area contributed by atoms with Crippen LogP contribution in [0.2, 0.25) is 0 Å². The maximum absolute atomic E-state index is 12.5. The lowest BCUT2D eigenvalue weighted by Gasteiger charge is -2.24. The molecule has 1 saturated heterocycles. The topological polar surface area (TPSA) is 44.4 Å². The molecule has 4 heteroatoms. The normalized spacial score (nSPS) is 27.7. The maximum Gasteiger partial charge on any atom is 0.241 e. The van der Waals surface area contributed by atoms with Crippen LogP contribution in [0, 0.1) is 5.92 Å². The summed E-state index contributed by atoms with van der Waals surface area (Å²) in [5, 5.41) is 6.63. The number of hydrogen-bond donors (Lipinski definition) is 2. The molecule has 1 heterocycles. The van der Waals surface area contributed by atoms with E-state index in [0.717, 1.165) is 18.7 Å². The number of benzene rings is 1. The number of rotatable bonds is 4. The minimum absolute atomic E-state index is 0.0226. The van der Waals surface area contributed by atoms with Crippen LogP contribution in [-0.2, 0) is 11.3 Å². The molecule has 2 fully saturated rings. The van der Waals surface area contributed by atoms with Gasteiger partial charge in [-0.1, -0.05) is 25.0 Å². The Hall–Kier alpha value is -1.39. The van der Waals surface area contributed by atoms with E-state index in [0.29, 0.717) is 12.0 Å². The van der Waals surface area contributed by atoms with Crippen LogP contribution in [0.25, 0.3) is 0 Å². The molecule has 3 unspecified atom stereocenters. The Morgan fingerprint density at radius 2 is 2.14 bits per heavy atom. The van der Waals surface area contributed by atoms with Crippen LogP contribution >= 0.6 is 0 Å². The van der Waals surface area contributed by atoms with Gasteiger partial charge in [-0.3, -0.25) is 4.79 Å². The van der Waals surface area contributed by atoms with Gasteiger partial charge in [0.2, 0.25) is 5.91 Å². The highest BCUT2D eigenvalue weighted by molar-refractivity contribution is 5.95. The van der Waals surface area contributed by atoms with Crippen molar-refractivity contribution in [3.63, 3.8) is 0 Å². The summed E-state index contributed by atoms with van der Waals surface area (Å²) in [5.74, 6) is 0.820. The van der Waals surface area contributed by atoms with E-state index in [2.05, 4.69) is 41.8 Å². The van der Waals surface area contributed by atoms with Gasteiger partial charge in [-0.2, -0.15) is 0 Å². The third-order valence-corrected chi connectivity index (χ3v) is 4.87. The molecule has 1 aliphatic heterocycles. The van der Waals surface area contributed by atoms with Gasteiger partial charge in [0, 0.05) is 18.3 Å². The Balaban J connectivity index is 1.60. The van der Waals surface area contributed by atoms with E-state index in [4.69, 9.17) is 0 Å². The highest BCUT2D eigenvalue weighted by atomic mass is 16.2. The quantitative estimate of drug-likeness (QED) is 0.898. The summed E-state index contributed by atoms with van der Waals surface area (Å²) in [5.41, 5.74) is 2.12. The fraction of sp³-hybridized carbons (Fsp3) is 0.611. The number of anilines is 1. The molecule has 0 radical (unpaired) electrons. The van der Waals surface area contributed by atoms with Crippen molar-refractivity contribution < 1.29 is 4.79 Å². The fourth-order valence-electron chi connectivity index (χ4n) is 3.86. The summed E-state index contributed by atoms with van der Waals surface area (Å²) in [6.07, 6.45) is 6.12. The third-order valence-electron chi connectivity index (χ3n) is 4.87. The Labute approximate surface area is 133 Å². The molecule has 3 atom stereocenters. The van der Waals surface area contributed by atoms with Gasteiger partial charge in [-0.15, -0.1) is 0 Å². The third kappa shape index (κ3) is 3.68. The van der Waals surface area contributed by atoms with Crippen LogP contribution in [0.4, 0.5) is 5.69 Å². The molecule has 1 aliphatic carbocycles. The molecule has 120 valence electrons. The van der Waals surface area contributed by atoms with E-state index < -0.39 is 0 Å². The van der Waals surface area contributed by atoms with Crippen molar-refractivity contribution in [2.24, 2.45) is 5.92 Å². The van der Waals surface area contributed by atoms with Gasteiger partial charge in [0.05, 0.1) is 6.04 Å². The molecule has 4 nitrogen and oxygen atoms in total. The lowest BCUT2D eigenvalue weighted by Crippen LogP contribution is -2.39. The molecular weight excluding hydrogens is 274 g/mol. The summed E-state index contributed by atoms with van der Waals surface area (Å²) < 4.78 is 0. The molecule has 2 aliphatic rings. The second-order valence-electron chi connectivity index (χ2n) is 7.03. The van der Waals surface area contributed by atoms with Crippen LogP contribution in [-0.4, -0.2) is 37.0 Å². The van der Waals surface area contributed by atoms with Crippen molar-refractivity contribution in [2.75, 3.05) is 19.4 Å². The molecular formula is C18H27N3O. The van der Waals surface area contributed by atoms with Crippen molar-refractivity contribution in [1.29, 1.82) is 0 Å². The minimum Gasteiger partial charge on any atom is -0.325 e. The lowest BCUT2D eigenvalue weighted by molar-refractivity contribution is -0.117. The number of hydrogen-bond acceptors (Lipinski definition) is 3. The van der Waals surface area contributed by atoms with E-state index >= 15 is 0 Å². The SMILES string of the molecule is CN(C)Cc1cccc(NC(=O)C2CC3CCCCC3N2)c1. The van der Waals surface area contributed by atoms with Gasteiger partial charge < -0.3 is 15.5 Å². The van der Waals surface area contributed by atoms with Crippen LogP contribution in [0.1, 0.15) is 37.7 Å². The van der Waals surface area contributed by atoms with E-state index in [-0.39, 0.29) is 11.9 Å². The van der Waals surface area contributed by atoms with Crippen molar-refractivity contribution in [1.82, 2.24) is 10.2 Å². The van der Waals surface area contributed by atoms with Gasteiger partial charge in [0.1, 0.15) is 0 Å². The molecule has 1 amide bonds. The fourth-order valence-corrected chi connectivity index (χ4v) is 3.86. The van der Waals surface area contributed by atoms with Gasteiger partial charge in [0.15, 0.2) is 0 Å². The number of amides is 1. The standard InChI is InChI=1S/C18H27N3O/c1-21(2)12-13-6-5-8-15(10-13)19-18(22)17-11-14-7-3-4-9-16(14)20-17/h5-6,8,10,14,16-17,20H,3-4,7,9,11-12H2,1-2H3,(H,19,22). The lowest BCUT2D eigenvalue weighted by atomic mass is 9.85. The second-order valence-corrected chi connectivity index (χ2v) is 7.03. The van der Waals surface area contributed by atoms with Crippen LogP contribution in [0.5, 0.6) is 0 Å². The predicted octanol–water partition coefficient (Wildman–Crippen LogP) is 2.61. The number of nitrogens with zero attached hydrogens (tertiary/aromatic N) is 1. The first kappa shape index (κ1) is 15.5. The number of fused-ring (bicyclic) bond motifs is 1. The zero-order valence-electron chi connectivity index (χ0n) is 13.6. The van der Waals surface area contributed by atoms with Crippen molar-refractivity contribution in [2.45, 2.75) is 50.7 Å². The Kier molecular flexibility index (Phi) is 4.79. The average molecular weight is 301 g/mol. The smallest absolute Gasteiger partial charge is 0.241 e. The van der Waals surface area contributed by atoms with E-state index in [1.807, 2.05) is 12.1 Å². The van der Waals surface area contributed by atoms with Crippen molar-refractivity contribution in [3.05, 3.63) is 29.8 Å². The summed E-state index contributed by atoms with van der Waals surface area (Å²) in [7, 11) is 4.10. The highest BCUT2D eigenvalue weighted by Gasteiger charge is 2.38. The highest BCUT2D eigenvalue weighted by Crippen LogP contribution is 2.33. The van der Waals surface area contributed by atoms with E-state index in [1.165, 1.54) is 31.2 Å². The molecule has 2 N–H and O–H groups in total. The predicted molar refractivity (Wildman–Crippen MR) is 89.7 cm³/mol. The molecule has 0 spiro atoms. The molecule has 22 heavy (non-hydrogen) atoms. The molecule has 1 aromatic carbocycles. The number of nitrogens with one attached hydrogen (secondary N) is 2. The first-order valence-electron chi connectivity index (χ1n) is 8.42. The summed E-state index contributed by atoms with van der Waals surface area (Å²) in [6.45, 7) is 0.884.